The third kappa shape index (κ3) is 10.6. The minimum Gasteiger partial charge on any atom is -0.405 e. The Morgan fingerprint density at radius 2 is 1.75 bits per heavy atom. The molecule has 19 heteroatoms. The molecule has 0 unspecified atom stereocenters. The molecule has 12 nitrogen and oxygen atoms in total. The molecular formula is C37H44Cl4F3N7O5. The van der Waals surface area contributed by atoms with Crippen LogP contribution in [-0.2, 0) is 9.53 Å². The molecule has 6 rings (SSSR count). The number of nitrogens with zero attached hydrogens (tertiary/aromatic N) is 4. The van der Waals surface area contributed by atoms with E-state index in [4.69, 9.17) is 21.3 Å². The zero-order valence-electron chi connectivity index (χ0n) is 30.9. The Labute approximate surface area is 346 Å². The van der Waals surface area contributed by atoms with Crippen molar-refractivity contribution in [1.82, 2.24) is 25.2 Å². The van der Waals surface area contributed by atoms with Gasteiger partial charge >= 0.3 is 6.36 Å². The van der Waals surface area contributed by atoms with Gasteiger partial charge in [0.1, 0.15) is 17.4 Å². The number of hydrogen-bond donors (Lipinski definition) is 4. The summed E-state index contributed by atoms with van der Waals surface area (Å²) in [6, 6.07) is 12.3. The van der Waals surface area contributed by atoms with E-state index in [1.54, 1.807) is 68.5 Å². The summed E-state index contributed by atoms with van der Waals surface area (Å²) in [5.74, 6) is 0.0462. The summed E-state index contributed by atoms with van der Waals surface area (Å²) in [6.07, 6.45) is -1.00. The number of rotatable bonds is 10. The van der Waals surface area contributed by atoms with E-state index < -0.39 is 23.4 Å². The van der Waals surface area contributed by atoms with Gasteiger partial charge in [-0.15, -0.1) is 50.4 Å². The molecule has 2 saturated heterocycles. The molecule has 306 valence electrons. The van der Waals surface area contributed by atoms with Gasteiger partial charge in [-0.3, -0.25) is 9.59 Å². The Kier molecular flexibility index (Phi) is 15.9. The fraction of sp³-hybridized carbons (Fsp3) is 0.405. The number of nitrogens with one attached hydrogen (secondary N) is 3. The Morgan fingerprint density at radius 3 is 2.34 bits per heavy atom. The van der Waals surface area contributed by atoms with Gasteiger partial charge in [-0.05, 0) is 51.0 Å². The lowest BCUT2D eigenvalue weighted by molar-refractivity contribution is -0.274. The first-order chi connectivity index (χ1) is 25.2. The van der Waals surface area contributed by atoms with E-state index in [9.17, 15) is 27.9 Å². The second-order valence-corrected chi connectivity index (χ2v) is 14.3. The number of benzene rings is 2. The Balaban J connectivity index is 0.00000280. The first-order valence-electron chi connectivity index (χ1n) is 17.1. The lowest BCUT2D eigenvalue weighted by atomic mass is 9.92. The zero-order chi connectivity index (χ0) is 38.1. The van der Waals surface area contributed by atoms with Crippen LogP contribution in [0.2, 0.25) is 5.02 Å². The van der Waals surface area contributed by atoms with E-state index in [-0.39, 0.29) is 89.8 Å². The van der Waals surface area contributed by atoms with Crippen molar-refractivity contribution in [3.05, 3.63) is 77.3 Å². The first kappa shape index (κ1) is 46.6. The molecule has 2 amide bonds. The number of methoxy groups -OCH3 is 1. The largest absolute Gasteiger partial charge is 0.573 e. The molecule has 56 heavy (non-hydrogen) atoms. The number of anilines is 2. The van der Waals surface area contributed by atoms with Gasteiger partial charge in [-0.25, -0.2) is 9.97 Å². The van der Waals surface area contributed by atoms with E-state index in [1.165, 1.54) is 12.3 Å². The SMILES string of the molecule is CO[C@@H]1CN[C@H](c2nc(-c3ccc(-c4cc(Cl)c(NC(=O)c5ccc(N6CCN(C(=O)C(C)(C)CO)C[C@H]6C)nc5)cc4OC(F)(F)F)cc3)c[nH]2)C1.Cl.Cl.Cl. The highest BCUT2D eigenvalue weighted by atomic mass is 35.5. The van der Waals surface area contributed by atoms with Gasteiger partial charge in [0, 0.05) is 68.9 Å². The molecule has 2 fully saturated rings. The number of halogens is 7. The molecule has 2 aliphatic rings. The number of alkyl halides is 3. The molecule has 4 N–H and O–H groups in total. The number of ether oxygens (including phenoxy) is 2. The van der Waals surface area contributed by atoms with Crippen molar-refractivity contribution in [3.8, 4) is 28.1 Å². The standard InChI is InChI=1S/C37H41ClF3N7O5.3ClH/c1-21-19-47(35(51)36(2,3)20-49)11-12-48(21)32-10-9-24(16-43-32)34(50)46-28-15-31(53-37(39,40)41)26(14-27(28)38)22-5-7-23(8-6-22)30-18-44-33(45-30)29-13-25(52-4)17-42-29;;;/h5-10,14-16,18,21,25,29,42,49H,11-13,17,19-20H2,1-4H3,(H,44,45)(H,46,50);3*1H/t21-,25+,29+;;;/m1.../s1. The van der Waals surface area contributed by atoms with Crippen molar-refractivity contribution in [2.24, 2.45) is 5.41 Å². The maximum atomic E-state index is 13.6. The van der Waals surface area contributed by atoms with Crippen LogP contribution >= 0.6 is 48.8 Å². The Hall–Kier alpha value is -3.83. The van der Waals surface area contributed by atoms with Gasteiger partial charge in [0.05, 0.1) is 46.1 Å². The normalized spacial score (nSPS) is 18.3. The molecule has 3 atom stereocenters. The quantitative estimate of drug-likeness (QED) is 0.129. The molecule has 0 spiro atoms. The van der Waals surface area contributed by atoms with Crippen LogP contribution in [0.25, 0.3) is 22.4 Å². The number of aromatic amines is 1. The molecule has 0 aliphatic carbocycles. The van der Waals surface area contributed by atoms with Gasteiger partial charge < -0.3 is 40.0 Å². The summed E-state index contributed by atoms with van der Waals surface area (Å²) in [5.41, 5.74) is 1.09. The lowest BCUT2D eigenvalue weighted by Crippen LogP contribution is -2.56. The van der Waals surface area contributed by atoms with Crippen molar-refractivity contribution in [2.45, 2.75) is 51.7 Å². The van der Waals surface area contributed by atoms with E-state index in [0.717, 1.165) is 30.4 Å². The van der Waals surface area contributed by atoms with Crippen LogP contribution in [0.5, 0.6) is 5.75 Å². The minimum atomic E-state index is -5.02. The average molecular weight is 866 g/mol. The van der Waals surface area contributed by atoms with E-state index in [1.807, 2.05) is 11.8 Å². The maximum absolute atomic E-state index is 13.6. The summed E-state index contributed by atoms with van der Waals surface area (Å²) in [6.45, 7) is 7.20. The summed E-state index contributed by atoms with van der Waals surface area (Å²) in [7, 11) is 1.67. The van der Waals surface area contributed by atoms with E-state index in [0.29, 0.717) is 36.7 Å². The number of imidazole rings is 1. The predicted molar refractivity (Wildman–Crippen MR) is 215 cm³/mol. The van der Waals surface area contributed by atoms with Crippen LogP contribution in [0.4, 0.5) is 24.7 Å². The highest BCUT2D eigenvalue weighted by molar-refractivity contribution is 6.34. The molecule has 2 aliphatic heterocycles. The minimum absolute atomic E-state index is 0. The van der Waals surface area contributed by atoms with Gasteiger partial charge in [0.2, 0.25) is 5.91 Å². The molecule has 0 saturated carbocycles. The van der Waals surface area contributed by atoms with Gasteiger partial charge in [-0.2, -0.15) is 0 Å². The number of aliphatic hydroxyl groups excluding tert-OH is 1. The number of carbonyl (C=O) groups excluding carboxylic acids is 2. The van der Waals surface area contributed by atoms with Crippen molar-refractivity contribution >= 4 is 72.1 Å². The molecule has 4 aromatic rings. The monoisotopic (exact) mass is 863 g/mol. The molecule has 2 aromatic carbocycles. The fourth-order valence-corrected chi connectivity index (χ4v) is 6.73. The number of aromatic nitrogens is 3. The number of aliphatic hydroxyl groups is 1. The molecule has 2 aromatic heterocycles. The number of carbonyl (C=O) groups is 2. The third-order valence-electron chi connectivity index (χ3n) is 9.58. The third-order valence-corrected chi connectivity index (χ3v) is 9.89. The lowest BCUT2D eigenvalue weighted by Gasteiger charge is -2.42. The fourth-order valence-electron chi connectivity index (χ4n) is 6.52. The highest BCUT2D eigenvalue weighted by Crippen LogP contribution is 2.41. The molecular weight excluding hydrogens is 821 g/mol. The maximum Gasteiger partial charge on any atom is 0.573 e. The number of hydrogen-bond acceptors (Lipinski definition) is 9. The van der Waals surface area contributed by atoms with E-state index in [2.05, 4.69) is 25.3 Å². The Morgan fingerprint density at radius 1 is 1.05 bits per heavy atom. The van der Waals surface area contributed by atoms with Crippen LogP contribution in [0.3, 0.4) is 0 Å². The average Bonchev–Trinajstić information content (AvgIpc) is 3.83. The number of piperazine rings is 1. The number of amides is 2. The van der Waals surface area contributed by atoms with Crippen molar-refractivity contribution in [1.29, 1.82) is 0 Å². The number of H-pyrrole nitrogens is 1. The van der Waals surface area contributed by atoms with Crippen molar-refractivity contribution in [2.75, 3.05) is 50.1 Å². The molecule has 0 radical (unpaired) electrons. The Bertz CT molecular complexity index is 1950. The van der Waals surface area contributed by atoms with Crippen LogP contribution in [0, 0.1) is 5.41 Å². The smallest absolute Gasteiger partial charge is 0.405 e. The van der Waals surface area contributed by atoms with Gasteiger partial charge in [0.25, 0.3) is 5.91 Å². The summed E-state index contributed by atoms with van der Waals surface area (Å²) < 4.78 is 50.6. The van der Waals surface area contributed by atoms with Crippen LogP contribution in [0.1, 0.15) is 49.4 Å². The molecule has 4 heterocycles. The summed E-state index contributed by atoms with van der Waals surface area (Å²) in [4.78, 5) is 42.1. The van der Waals surface area contributed by atoms with Gasteiger partial charge in [-0.1, -0.05) is 35.9 Å². The van der Waals surface area contributed by atoms with Crippen LogP contribution in [0.15, 0.2) is 60.9 Å². The van der Waals surface area contributed by atoms with Crippen molar-refractivity contribution < 1.29 is 37.3 Å². The predicted octanol–water partition coefficient (Wildman–Crippen LogP) is 7.31. The number of pyridine rings is 1. The van der Waals surface area contributed by atoms with Crippen LogP contribution in [-0.4, -0.2) is 95.2 Å². The zero-order valence-corrected chi connectivity index (χ0v) is 34.1. The topological polar surface area (TPSA) is 145 Å². The van der Waals surface area contributed by atoms with Crippen molar-refractivity contribution in [3.63, 3.8) is 0 Å². The highest BCUT2D eigenvalue weighted by Gasteiger charge is 2.36. The summed E-state index contributed by atoms with van der Waals surface area (Å²) in [5, 5.41) is 15.5. The van der Waals surface area contributed by atoms with Gasteiger partial charge in [0.15, 0.2) is 0 Å². The second-order valence-electron chi connectivity index (χ2n) is 13.9. The second kappa shape index (κ2) is 19.1. The first-order valence-corrected chi connectivity index (χ1v) is 17.5. The summed E-state index contributed by atoms with van der Waals surface area (Å²) >= 11 is 6.54. The van der Waals surface area contributed by atoms with Crippen LogP contribution < -0.4 is 20.3 Å². The van der Waals surface area contributed by atoms with E-state index >= 15 is 0 Å². The molecule has 0 bridgehead atoms.